The first kappa shape index (κ1) is 14.6. The molecule has 1 N–H and O–H groups in total. The fourth-order valence-electron chi connectivity index (χ4n) is 3.48. The maximum atomic E-state index is 12.5. The van der Waals surface area contributed by atoms with E-state index in [1.54, 1.807) is 7.11 Å². The molecule has 3 rings (SSSR count). The first-order valence-corrected chi connectivity index (χ1v) is 8.07. The van der Waals surface area contributed by atoms with E-state index in [0.717, 1.165) is 25.8 Å². The molecule has 2 aliphatic carbocycles. The van der Waals surface area contributed by atoms with Gasteiger partial charge < -0.3 is 10.1 Å². The van der Waals surface area contributed by atoms with Gasteiger partial charge >= 0.3 is 0 Å². The zero-order valence-electron chi connectivity index (χ0n) is 12.8. The van der Waals surface area contributed by atoms with Crippen LogP contribution in [-0.2, 0) is 9.53 Å². The minimum Gasteiger partial charge on any atom is -0.385 e. The van der Waals surface area contributed by atoms with E-state index in [1.165, 1.54) is 18.4 Å². The molecule has 0 heterocycles. The van der Waals surface area contributed by atoms with Gasteiger partial charge in [0, 0.05) is 20.3 Å². The number of carbonyl (C=O) groups excluding carboxylic acids is 1. The molecular formula is C18H25NO2. The summed E-state index contributed by atoms with van der Waals surface area (Å²) in [4.78, 5) is 12.5. The molecule has 2 aliphatic rings. The number of hydrogen-bond acceptors (Lipinski definition) is 2. The normalized spacial score (nSPS) is 26.0. The molecule has 0 spiro atoms. The SMILES string of the molecule is COCCC1(C(=O)NC[C@@H]2C[C@H]2c2ccccc2)CCC1. The fourth-order valence-corrected chi connectivity index (χ4v) is 3.48. The molecule has 1 aromatic carbocycles. The van der Waals surface area contributed by atoms with Crippen molar-refractivity contribution >= 4 is 5.91 Å². The van der Waals surface area contributed by atoms with Gasteiger partial charge in [-0.15, -0.1) is 0 Å². The Hall–Kier alpha value is -1.35. The molecule has 1 amide bonds. The molecule has 0 bridgehead atoms. The van der Waals surface area contributed by atoms with Crippen molar-refractivity contribution in [2.45, 2.75) is 38.0 Å². The highest BCUT2D eigenvalue weighted by Crippen LogP contribution is 2.48. The predicted molar refractivity (Wildman–Crippen MR) is 83.1 cm³/mol. The Bertz CT molecular complexity index is 481. The van der Waals surface area contributed by atoms with Crippen LogP contribution in [-0.4, -0.2) is 26.2 Å². The average molecular weight is 287 g/mol. The van der Waals surface area contributed by atoms with Crippen molar-refractivity contribution in [1.29, 1.82) is 0 Å². The van der Waals surface area contributed by atoms with Crippen LogP contribution in [0.2, 0.25) is 0 Å². The number of hydrogen-bond donors (Lipinski definition) is 1. The first-order chi connectivity index (χ1) is 10.2. The Morgan fingerprint density at radius 3 is 2.71 bits per heavy atom. The van der Waals surface area contributed by atoms with Gasteiger partial charge in [-0.05, 0) is 43.1 Å². The van der Waals surface area contributed by atoms with E-state index in [9.17, 15) is 4.79 Å². The molecule has 0 unspecified atom stereocenters. The third-order valence-corrected chi connectivity index (χ3v) is 5.25. The van der Waals surface area contributed by atoms with E-state index in [-0.39, 0.29) is 11.3 Å². The van der Waals surface area contributed by atoms with Crippen molar-refractivity contribution in [3.05, 3.63) is 35.9 Å². The van der Waals surface area contributed by atoms with E-state index in [0.29, 0.717) is 18.4 Å². The van der Waals surface area contributed by atoms with Gasteiger partial charge in [0.05, 0.1) is 5.41 Å². The summed E-state index contributed by atoms with van der Waals surface area (Å²) in [5.41, 5.74) is 1.28. The quantitative estimate of drug-likeness (QED) is 0.837. The van der Waals surface area contributed by atoms with E-state index in [4.69, 9.17) is 4.74 Å². The Labute approximate surface area is 127 Å². The van der Waals surface area contributed by atoms with Crippen LogP contribution in [0.3, 0.4) is 0 Å². The molecule has 0 aromatic heterocycles. The van der Waals surface area contributed by atoms with Gasteiger partial charge in [0.25, 0.3) is 0 Å². The fraction of sp³-hybridized carbons (Fsp3) is 0.611. The summed E-state index contributed by atoms with van der Waals surface area (Å²) in [6.45, 7) is 1.51. The molecule has 114 valence electrons. The summed E-state index contributed by atoms with van der Waals surface area (Å²) < 4.78 is 5.16. The molecule has 0 saturated heterocycles. The van der Waals surface area contributed by atoms with Gasteiger partial charge in [0.1, 0.15) is 0 Å². The van der Waals surface area contributed by atoms with Gasteiger partial charge in [0.15, 0.2) is 0 Å². The summed E-state index contributed by atoms with van der Waals surface area (Å²) in [5, 5.41) is 3.20. The van der Waals surface area contributed by atoms with Crippen molar-refractivity contribution in [3.8, 4) is 0 Å². The number of benzene rings is 1. The van der Waals surface area contributed by atoms with E-state index < -0.39 is 0 Å². The van der Waals surface area contributed by atoms with Gasteiger partial charge in [-0.3, -0.25) is 4.79 Å². The van der Waals surface area contributed by atoms with Crippen LogP contribution in [0.1, 0.15) is 43.6 Å². The molecule has 3 heteroatoms. The lowest BCUT2D eigenvalue weighted by molar-refractivity contribution is -0.137. The Morgan fingerprint density at radius 1 is 1.33 bits per heavy atom. The molecule has 3 nitrogen and oxygen atoms in total. The van der Waals surface area contributed by atoms with Crippen LogP contribution >= 0.6 is 0 Å². The summed E-state index contributed by atoms with van der Waals surface area (Å²) >= 11 is 0. The first-order valence-electron chi connectivity index (χ1n) is 8.07. The number of amides is 1. The van der Waals surface area contributed by atoms with E-state index in [2.05, 4.69) is 35.6 Å². The minimum atomic E-state index is -0.132. The number of ether oxygens (including phenoxy) is 1. The van der Waals surface area contributed by atoms with Crippen molar-refractivity contribution in [3.63, 3.8) is 0 Å². The maximum Gasteiger partial charge on any atom is 0.226 e. The summed E-state index contributed by atoms with van der Waals surface area (Å²) in [5.74, 6) is 1.52. The highest BCUT2D eigenvalue weighted by atomic mass is 16.5. The lowest BCUT2D eigenvalue weighted by Crippen LogP contribution is -2.46. The molecule has 0 radical (unpaired) electrons. The number of nitrogens with one attached hydrogen (secondary N) is 1. The zero-order valence-corrected chi connectivity index (χ0v) is 12.8. The van der Waals surface area contributed by atoms with Crippen molar-refractivity contribution in [2.24, 2.45) is 11.3 Å². The highest BCUT2D eigenvalue weighted by Gasteiger charge is 2.45. The van der Waals surface area contributed by atoms with Gasteiger partial charge in [-0.1, -0.05) is 36.8 Å². The van der Waals surface area contributed by atoms with Gasteiger partial charge in [-0.25, -0.2) is 0 Å². The molecule has 2 saturated carbocycles. The van der Waals surface area contributed by atoms with E-state index in [1.807, 2.05) is 0 Å². The zero-order chi connectivity index (χ0) is 14.7. The molecule has 2 fully saturated rings. The standard InChI is InChI=1S/C18H25NO2/c1-21-11-10-18(8-5-9-18)17(20)19-13-15-12-16(15)14-6-3-2-4-7-14/h2-4,6-7,15-16H,5,8-13H2,1H3,(H,19,20)/t15-,16-/m0/s1. The smallest absolute Gasteiger partial charge is 0.226 e. The monoisotopic (exact) mass is 287 g/mol. The van der Waals surface area contributed by atoms with Crippen LogP contribution in [0.25, 0.3) is 0 Å². The molecule has 0 aliphatic heterocycles. The Balaban J connectivity index is 1.47. The largest absolute Gasteiger partial charge is 0.385 e. The summed E-state index contributed by atoms with van der Waals surface area (Å²) in [6, 6.07) is 10.6. The molecule has 2 atom stereocenters. The van der Waals surface area contributed by atoms with E-state index >= 15 is 0 Å². The van der Waals surface area contributed by atoms with Crippen LogP contribution < -0.4 is 5.32 Å². The van der Waals surface area contributed by atoms with Crippen molar-refractivity contribution in [2.75, 3.05) is 20.3 Å². The van der Waals surface area contributed by atoms with Gasteiger partial charge in [0.2, 0.25) is 5.91 Å². The van der Waals surface area contributed by atoms with Crippen molar-refractivity contribution in [1.82, 2.24) is 5.32 Å². The molecular weight excluding hydrogens is 262 g/mol. The third kappa shape index (κ3) is 3.13. The minimum absolute atomic E-state index is 0.132. The number of carbonyl (C=O) groups is 1. The highest BCUT2D eigenvalue weighted by molar-refractivity contribution is 5.83. The molecule has 21 heavy (non-hydrogen) atoms. The van der Waals surface area contributed by atoms with Crippen LogP contribution in [0.15, 0.2) is 30.3 Å². The number of rotatable bonds is 7. The van der Waals surface area contributed by atoms with Crippen LogP contribution in [0.5, 0.6) is 0 Å². The summed E-state index contributed by atoms with van der Waals surface area (Å²) in [7, 11) is 1.71. The van der Waals surface area contributed by atoms with Crippen LogP contribution in [0.4, 0.5) is 0 Å². The topological polar surface area (TPSA) is 38.3 Å². The average Bonchev–Trinajstić information content (AvgIpc) is 3.25. The maximum absolute atomic E-state index is 12.5. The second-order valence-corrected chi connectivity index (χ2v) is 6.60. The second-order valence-electron chi connectivity index (χ2n) is 6.60. The molecule has 1 aromatic rings. The van der Waals surface area contributed by atoms with Crippen LogP contribution in [0, 0.1) is 11.3 Å². The Kier molecular flexibility index (Phi) is 4.29. The Morgan fingerprint density at radius 2 is 2.10 bits per heavy atom. The summed E-state index contributed by atoms with van der Waals surface area (Å²) in [6.07, 6.45) is 5.29. The number of methoxy groups -OCH3 is 1. The van der Waals surface area contributed by atoms with Crippen molar-refractivity contribution < 1.29 is 9.53 Å². The van der Waals surface area contributed by atoms with Gasteiger partial charge in [-0.2, -0.15) is 0 Å². The lowest BCUT2D eigenvalue weighted by atomic mass is 9.66. The predicted octanol–water partition coefficient (Wildman–Crippen LogP) is 3.11. The second kappa shape index (κ2) is 6.18. The third-order valence-electron chi connectivity index (χ3n) is 5.25. The lowest BCUT2D eigenvalue weighted by Gasteiger charge is -2.40.